The van der Waals surface area contributed by atoms with Crippen molar-refractivity contribution in [3.63, 3.8) is 0 Å². The van der Waals surface area contributed by atoms with E-state index in [1.165, 1.54) is 6.42 Å². The smallest absolute Gasteiger partial charge is 0.409 e. The molecule has 1 heterocycles. The number of nitrogens with zero attached hydrogens (tertiary/aromatic N) is 2. The third-order valence-electron chi connectivity index (χ3n) is 6.04. The van der Waals surface area contributed by atoms with Gasteiger partial charge in [-0.15, -0.1) is 0 Å². The predicted molar refractivity (Wildman–Crippen MR) is 102 cm³/mol. The molecule has 1 aliphatic heterocycles. The molecule has 0 spiro atoms. The zero-order valence-corrected chi connectivity index (χ0v) is 15.9. The number of ether oxygens (including phenoxy) is 1. The first kappa shape index (κ1) is 18.7. The lowest BCUT2D eigenvalue weighted by atomic mass is 9.78. The van der Waals surface area contributed by atoms with Crippen LogP contribution in [0, 0.1) is 11.8 Å². The summed E-state index contributed by atoms with van der Waals surface area (Å²) in [5.41, 5.74) is 0.168. The van der Waals surface area contributed by atoms with Crippen LogP contribution in [-0.2, 0) is 4.74 Å². The minimum Gasteiger partial charge on any atom is -0.450 e. The highest BCUT2D eigenvalue weighted by atomic mass is 16.6. The van der Waals surface area contributed by atoms with Crippen LogP contribution in [0.3, 0.4) is 0 Å². The SMILES string of the molecule is CCOC(=O)N1CCN(c2c(NC3CCCC(C)C3C)c(=O)c2=O)CC1. The number of piperazine rings is 1. The van der Waals surface area contributed by atoms with Gasteiger partial charge in [-0.05, 0) is 25.2 Å². The second-order valence-corrected chi connectivity index (χ2v) is 7.57. The second kappa shape index (κ2) is 7.68. The average molecular weight is 363 g/mol. The average Bonchev–Trinajstić information content (AvgIpc) is 2.65. The Kier molecular flexibility index (Phi) is 5.53. The van der Waals surface area contributed by atoms with Crippen molar-refractivity contribution in [2.75, 3.05) is 43.0 Å². The molecule has 3 atom stereocenters. The second-order valence-electron chi connectivity index (χ2n) is 7.57. The Labute approximate surface area is 154 Å². The predicted octanol–water partition coefficient (Wildman–Crippen LogP) is 1.80. The summed E-state index contributed by atoms with van der Waals surface area (Å²) in [4.78, 5) is 39.7. The summed E-state index contributed by atoms with van der Waals surface area (Å²) >= 11 is 0. The molecule has 1 aliphatic carbocycles. The van der Waals surface area contributed by atoms with E-state index in [0.29, 0.717) is 56.0 Å². The van der Waals surface area contributed by atoms with E-state index in [-0.39, 0.29) is 12.1 Å². The molecule has 1 aromatic carbocycles. The van der Waals surface area contributed by atoms with Crippen molar-refractivity contribution in [2.24, 2.45) is 11.8 Å². The lowest BCUT2D eigenvalue weighted by Gasteiger charge is -2.39. The summed E-state index contributed by atoms with van der Waals surface area (Å²) in [6, 6.07) is 0.238. The van der Waals surface area contributed by atoms with Gasteiger partial charge in [0, 0.05) is 32.2 Å². The number of amides is 1. The number of anilines is 2. The van der Waals surface area contributed by atoms with E-state index in [0.717, 1.165) is 12.8 Å². The Bertz CT molecular complexity index is 717. The van der Waals surface area contributed by atoms with Crippen LogP contribution in [0.25, 0.3) is 0 Å². The molecule has 7 nitrogen and oxygen atoms in total. The Balaban J connectivity index is 1.67. The van der Waals surface area contributed by atoms with Crippen LogP contribution in [-0.4, -0.2) is 49.8 Å². The van der Waals surface area contributed by atoms with E-state index >= 15 is 0 Å². The van der Waals surface area contributed by atoms with Gasteiger partial charge in [0.25, 0.3) is 10.9 Å². The summed E-state index contributed by atoms with van der Waals surface area (Å²) in [5, 5.41) is 3.38. The monoisotopic (exact) mass is 363 g/mol. The maximum absolute atomic E-state index is 12.2. The molecule has 3 unspecified atom stereocenters. The number of carbonyl (C=O) groups is 1. The molecule has 7 heteroatoms. The third-order valence-corrected chi connectivity index (χ3v) is 6.04. The molecule has 2 aliphatic rings. The lowest BCUT2D eigenvalue weighted by Crippen LogP contribution is -2.53. The highest BCUT2D eigenvalue weighted by Gasteiger charge is 2.33. The van der Waals surface area contributed by atoms with E-state index in [1.807, 2.05) is 4.90 Å². The van der Waals surface area contributed by atoms with Crippen LogP contribution < -0.4 is 21.1 Å². The van der Waals surface area contributed by atoms with Crippen molar-refractivity contribution in [2.45, 2.75) is 46.1 Å². The number of hydrogen-bond donors (Lipinski definition) is 1. The maximum atomic E-state index is 12.2. The first-order valence-electron chi connectivity index (χ1n) is 9.70. The maximum Gasteiger partial charge on any atom is 0.409 e. The zero-order chi connectivity index (χ0) is 18.8. The van der Waals surface area contributed by atoms with Gasteiger partial charge in [0.15, 0.2) is 0 Å². The molecule has 2 fully saturated rings. The molecule has 3 rings (SSSR count). The van der Waals surface area contributed by atoms with Crippen LogP contribution in [0.2, 0.25) is 0 Å². The summed E-state index contributed by atoms with van der Waals surface area (Å²) in [6.45, 7) is 8.65. The van der Waals surface area contributed by atoms with E-state index < -0.39 is 10.9 Å². The number of nitrogens with one attached hydrogen (secondary N) is 1. The fraction of sp³-hybridized carbons (Fsp3) is 0.737. The number of carbonyl (C=O) groups excluding carboxylic acids is 1. The Morgan fingerprint density at radius 3 is 2.46 bits per heavy atom. The van der Waals surface area contributed by atoms with E-state index in [9.17, 15) is 14.4 Å². The largest absolute Gasteiger partial charge is 0.450 e. The first-order valence-corrected chi connectivity index (χ1v) is 9.70. The fourth-order valence-electron chi connectivity index (χ4n) is 4.11. The molecule has 26 heavy (non-hydrogen) atoms. The van der Waals surface area contributed by atoms with Gasteiger partial charge >= 0.3 is 6.09 Å². The molecule has 1 aromatic rings. The minimum atomic E-state index is -0.409. The topological polar surface area (TPSA) is 79.0 Å². The highest BCUT2D eigenvalue weighted by Crippen LogP contribution is 2.33. The molecule has 1 amide bonds. The van der Waals surface area contributed by atoms with Crippen molar-refractivity contribution < 1.29 is 9.53 Å². The van der Waals surface area contributed by atoms with E-state index in [1.54, 1.807) is 11.8 Å². The van der Waals surface area contributed by atoms with Crippen LogP contribution in [0.4, 0.5) is 16.2 Å². The fourth-order valence-corrected chi connectivity index (χ4v) is 4.11. The van der Waals surface area contributed by atoms with Crippen LogP contribution in [0.15, 0.2) is 9.59 Å². The summed E-state index contributed by atoms with van der Waals surface area (Å²) in [5.74, 6) is 1.09. The molecule has 144 valence electrons. The van der Waals surface area contributed by atoms with Gasteiger partial charge in [0.2, 0.25) is 0 Å². The standard InChI is InChI=1S/C19H29N3O4/c1-4-26-19(25)22-10-8-21(9-11-22)16-15(17(23)18(16)24)20-14-7-5-6-12(2)13(14)3/h12-14,20H,4-11H2,1-3H3. The molecule has 0 radical (unpaired) electrons. The molecule has 1 saturated heterocycles. The van der Waals surface area contributed by atoms with Gasteiger partial charge in [0.05, 0.1) is 6.61 Å². The highest BCUT2D eigenvalue weighted by molar-refractivity contribution is 5.76. The van der Waals surface area contributed by atoms with Crippen LogP contribution in [0.1, 0.15) is 40.0 Å². The van der Waals surface area contributed by atoms with Crippen LogP contribution in [0.5, 0.6) is 0 Å². The molecule has 0 aromatic heterocycles. The van der Waals surface area contributed by atoms with Crippen molar-refractivity contribution >= 4 is 17.5 Å². The van der Waals surface area contributed by atoms with Gasteiger partial charge in [-0.1, -0.05) is 26.7 Å². The van der Waals surface area contributed by atoms with Crippen LogP contribution >= 0.6 is 0 Å². The molecule has 1 saturated carbocycles. The van der Waals surface area contributed by atoms with Gasteiger partial charge in [-0.25, -0.2) is 4.79 Å². The number of hydrogen-bond acceptors (Lipinski definition) is 6. The quantitative estimate of drug-likeness (QED) is 0.822. The first-order chi connectivity index (χ1) is 12.4. The lowest BCUT2D eigenvalue weighted by molar-refractivity contribution is 0.105. The zero-order valence-electron chi connectivity index (χ0n) is 15.9. The van der Waals surface area contributed by atoms with Gasteiger partial charge in [-0.3, -0.25) is 9.59 Å². The van der Waals surface area contributed by atoms with Gasteiger partial charge in [-0.2, -0.15) is 0 Å². The molecule has 0 bridgehead atoms. The third kappa shape index (κ3) is 3.44. The van der Waals surface area contributed by atoms with Crippen molar-refractivity contribution in [3.8, 4) is 0 Å². The van der Waals surface area contributed by atoms with Crippen molar-refractivity contribution in [3.05, 3.63) is 20.4 Å². The summed E-state index contributed by atoms with van der Waals surface area (Å²) in [6.07, 6.45) is 3.07. The Morgan fingerprint density at radius 2 is 1.81 bits per heavy atom. The Hall–Kier alpha value is -2.05. The summed E-state index contributed by atoms with van der Waals surface area (Å²) < 4.78 is 5.02. The van der Waals surface area contributed by atoms with Gasteiger partial charge < -0.3 is 19.9 Å². The molecular weight excluding hydrogens is 334 g/mol. The molecular formula is C19H29N3O4. The van der Waals surface area contributed by atoms with Crippen molar-refractivity contribution in [1.29, 1.82) is 0 Å². The van der Waals surface area contributed by atoms with Crippen molar-refractivity contribution in [1.82, 2.24) is 4.90 Å². The molecule has 1 N–H and O–H groups in total. The van der Waals surface area contributed by atoms with E-state index in [2.05, 4.69) is 19.2 Å². The van der Waals surface area contributed by atoms with Gasteiger partial charge in [0.1, 0.15) is 11.4 Å². The van der Waals surface area contributed by atoms with E-state index in [4.69, 9.17) is 4.74 Å². The Morgan fingerprint density at radius 1 is 1.12 bits per heavy atom. The normalized spacial score (nSPS) is 26.8. The number of rotatable bonds is 4. The summed E-state index contributed by atoms with van der Waals surface area (Å²) in [7, 11) is 0. The minimum absolute atomic E-state index is 0.238.